The number of nitrogens with zero attached hydrogens (tertiary/aromatic N) is 1. The van der Waals surface area contributed by atoms with Gasteiger partial charge in [-0.2, -0.15) is 0 Å². The van der Waals surface area contributed by atoms with Gasteiger partial charge in [0.15, 0.2) is 5.78 Å². The number of halogens is 2. The van der Waals surface area contributed by atoms with Crippen molar-refractivity contribution in [2.45, 2.75) is 6.61 Å². The lowest BCUT2D eigenvalue weighted by molar-refractivity contribution is -0.122. The molecule has 1 aliphatic rings. The van der Waals surface area contributed by atoms with Crippen molar-refractivity contribution in [1.29, 1.82) is 0 Å². The van der Waals surface area contributed by atoms with E-state index in [-0.39, 0.29) is 17.2 Å². The van der Waals surface area contributed by atoms with Crippen LogP contribution in [0.15, 0.2) is 82.2 Å². The van der Waals surface area contributed by atoms with Gasteiger partial charge in [-0.05, 0) is 69.2 Å². The van der Waals surface area contributed by atoms with Gasteiger partial charge in [0.1, 0.15) is 12.4 Å². The second-order valence-corrected chi connectivity index (χ2v) is 9.45. The van der Waals surface area contributed by atoms with E-state index in [1.54, 1.807) is 66.7 Å². The van der Waals surface area contributed by atoms with Crippen LogP contribution >= 0.6 is 39.3 Å². The summed E-state index contributed by atoms with van der Waals surface area (Å²) in [5.41, 5.74) is 2.16. The van der Waals surface area contributed by atoms with Gasteiger partial charge in [-0.25, -0.2) is 0 Å². The molecule has 8 heteroatoms. The van der Waals surface area contributed by atoms with E-state index in [2.05, 4.69) is 15.9 Å². The van der Waals surface area contributed by atoms with Crippen molar-refractivity contribution in [2.75, 3.05) is 6.54 Å². The van der Waals surface area contributed by atoms with Gasteiger partial charge in [0.25, 0.3) is 11.1 Å². The van der Waals surface area contributed by atoms with Crippen LogP contribution in [0.1, 0.15) is 21.5 Å². The molecule has 0 atom stereocenters. The van der Waals surface area contributed by atoms with Crippen molar-refractivity contribution in [3.63, 3.8) is 0 Å². The predicted molar refractivity (Wildman–Crippen MR) is 133 cm³/mol. The number of imide groups is 1. The molecule has 0 unspecified atom stereocenters. The van der Waals surface area contributed by atoms with Crippen molar-refractivity contribution < 1.29 is 19.1 Å². The fourth-order valence-corrected chi connectivity index (χ4v) is 4.59. The van der Waals surface area contributed by atoms with E-state index in [1.165, 1.54) is 0 Å². The number of hydrogen-bond donors (Lipinski definition) is 0. The fraction of sp³-hybridized carbons (Fsp3) is 0.0800. The Hall–Kier alpha value is -2.87. The summed E-state index contributed by atoms with van der Waals surface area (Å²) in [6.07, 6.45) is 1.63. The topological polar surface area (TPSA) is 63.7 Å². The number of carbonyl (C=O) groups is 3. The lowest BCUT2D eigenvalue weighted by Gasteiger charge is -2.11. The van der Waals surface area contributed by atoms with Crippen molar-refractivity contribution >= 4 is 62.3 Å². The Morgan fingerprint density at radius 3 is 2.45 bits per heavy atom. The summed E-state index contributed by atoms with van der Waals surface area (Å²) in [4.78, 5) is 38.8. The first-order valence-corrected chi connectivity index (χ1v) is 11.9. The van der Waals surface area contributed by atoms with Gasteiger partial charge in [-0.1, -0.05) is 60.1 Å². The Kier molecular flexibility index (Phi) is 7.33. The molecule has 33 heavy (non-hydrogen) atoms. The summed E-state index contributed by atoms with van der Waals surface area (Å²) >= 11 is 10.2. The molecule has 3 aromatic rings. The average molecular weight is 543 g/mol. The van der Waals surface area contributed by atoms with E-state index in [4.69, 9.17) is 16.3 Å². The number of ether oxygens (including phenoxy) is 1. The van der Waals surface area contributed by atoms with Crippen LogP contribution < -0.4 is 4.74 Å². The quantitative estimate of drug-likeness (QED) is 0.249. The van der Waals surface area contributed by atoms with Crippen molar-refractivity contribution in [3.05, 3.63) is 104 Å². The molecular weight excluding hydrogens is 526 g/mol. The van der Waals surface area contributed by atoms with E-state index >= 15 is 0 Å². The van der Waals surface area contributed by atoms with Crippen molar-refractivity contribution in [3.8, 4) is 5.75 Å². The highest BCUT2D eigenvalue weighted by molar-refractivity contribution is 9.10. The molecule has 4 rings (SSSR count). The van der Waals surface area contributed by atoms with E-state index in [0.717, 1.165) is 27.8 Å². The smallest absolute Gasteiger partial charge is 0.293 e. The van der Waals surface area contributed by atoms with Crippen LogP contribution in [0.2, 0.25) is 5.02 Å². The Bertz CT molecular complexity index is 1250. The van der Waals surface area contributed by atoms with Gasteiger partial charge >= 0.3 is 0 Å². The third-order valence-electron chi connectivity index (χ3n) is 4.83. The van der Waals surface area contributed by atoms with Crippen LogP contribution in [0.3, 0.4) is 0 Å². The Morgan fingerprint density at radius 1 is 1.03 bits per heavy atom. The first kappa shape index (κ1) is 23.3. The maximum atomic E-state index is 12.7. The largest absolute Gasteiger partial charge is 0.488 e. The molecule has 5 nitrogen and oxygen atoms in total. The van der Waals surface area contributed by atoms with Crippen molar-refractivity contribution in [2.24, 2.45) is 0 Å². The third kappa shape index (κ3) is 5.74. The van der Waals surface area contributed by atoms with Crippen LogP contribution in [0, 0.1) is 0 Å². The molecule has 2 amide bonds. The molecule has 166 valence electrons. The highest BCUT2D eigenvalue weighted by atomic mass is 79.9. The SMILES string of the molecule is O=C(CN1C(=O)S/C(=C/c2ccc(OCc3ccc(Cl)cc3)c(Br)c2)C1=O)c1ccccc1. The number of rotatable bonds is 7. The molecule has 0 N–H and O–H groups in total. The number of carbonyl (C=O) groups excluding carboxylic acids is 3. The van der Waals surface area contributed by atoms with Gasteiger partial charge in [-0.3, -0.25) is 19.3 Å². The van der Waals surface area contributed by atoms with Crippen molar-refractivity contribution in [1.82, 2.24) is 4.90 Å². The Morgan fingerprint density at radius 2 is 1.76 bits per heavy atom. The number of ketones is 1. The first-order chi connectivity index (χ1) is 15.9. The summed E-state index contributed by atoms with van der Waals surface area (Å²) in [7, 11) is 0. The summed E-state index contributed by atoms with van der Waals surface area (Å²) in [5, 5.41) is 0.204. The summed E-state index contributed by atoms with van der Waals surface area (Å²) in [6.45, 7) is 0.0939. The second kappa shape index (κ2) is 10.4. The van der Waals surface area contributed by atoms with Gasteiger partial charge in [0.2, 0.25) is 0 Å². The van der Waals surface area contributed by atoms with E-state index in [9.17, 15) is 14.4 Å². The second-order valence-electron chi connectivity index (χ2n) is 7.16. The molecule has 1 aliphatic heterocycles. The minimum atomic E-state index is -0.478. The minimum absolute atomic E-state index is 0.266. The zero-order valence-electron chi connectivity index (χ0n) is 17.2. The van der Waals surface area contributed by atoms with Gasteiger partial charge in [0, 0.05) is 10.6 Å². The molecule has 1 fully saturated rings. The third-order valence-corrected chi connectivity index (χ3v) is 6.61. The maximum absolute atomic E-state index is 12.7. The number of thioether (sulfide) groups is 1. The van der Waals surface area contributed by atoms with Crippen LogP contribution in [0.5, 0.6) is 5.75 Å². The molecule has 0 saturated carbocycles. The standard InChI is InChI=1S/C25H17BrClNO4S/c26-20-12-17(8-11-22(20)32-15-16-6-9-19(27)10-7-16)13-23-24(30)28(25(31)33-23)14-21(29)18-4-2-1-3-5-18/h1-13H,14-15H2/b23-13+. The first-order valence-electron chi connectivity index (χ1n) is 9.91. The number of amides is 2. The average Bonchev–Trinajstić information content (AvgIpc) is 3.07. The van der Waals surface area contributed by atoms with Crippen LogP contribution in [0.4, 0.5) is 4.79 Å². The molecule has 0 radical (unpaired) electrons. The summed E-state index contributed by atoms with van der Waals surface area (Å²) in [6, 6.07) is 21.4. The lowest BCUT2D eigenvalue weighted by Crippen LogP contribution is -2.33. The van der Waals surface area contributed by atoms with E-state index < -0.39 is 11.1 Å². The molecule has 3 aromatic carbocycles. The molecule has 0 aliphatic carbocycles. The minimum Gasteiger partial charge on any atom is -0.488 e. The van der Waals surface area contributed by atoms with Gasteiger partial charge < -0.3 is 4.74 Å². The van der Waals surface area contributed by atoms with Crippen LogP contribution in [-0.4, -0.2) is 28.4 Å². The molecule has 0 bridgehead atoms. The Balaban J connectivity index is 1.43. The predicted octanol–water partition coefficient (Wildman–Crippen LogP) is 6.60. The van der Waals surface area contributed by atoms with Gasteiger partial charge in [-0.15, -0.1) is 0 Å². The number of benzene rings is 3. The summed E-state index contributed by atoms with van der Waals surface area (Å²) in [5.74, 6) is -0.124. The maximum Gasteiger partial charge on any atom is 0.293 e. The lowest BCUT2D eigenvalue weighted by atomic mass is 10.1. The van der Waals surface area contributed by atoms with E-state index in [1.807, 2.05) is 12.1 Å². The molecule has 1 saturated heterocycles. The van der Waals surface area contributed by atoms with Crippen LogP contribution in [-0.2, 0) is 11.4 Å². The molecular formula is C25H17BrClNO4S. The monoisotopic (exact) mass is 541 g/mol. The van der Waals surface area contributed by atoms with E-state index in [0.29, 0.717) is 27.4 Å². The highest BCUT2D eigenvalue weighted by Crippen LogP contribution is 2.34. The zero-order valence-corrected chi connectivity index (χ0v) is 20.3. The molecule has 1 heterocycles. The summed E-state index contributed by atoms with van der Waals surface area (Å²) < 4.78 is 6.56. The van der Waals surface area contributed by atoms with Gasteiger partial charge in [0.05, 0.1) is 15.9 Å². The zero-order chi connectivity index (χ0) is 23.4. The molecule has 0 aromatic heterocycles. The highest BCUT2D eigenvalue weighted by Gasteiger charge is 2.36. The molecule has 0 spiro atoms. The normalized spacial score (nSPS) is 14.7. The van der Waals surface area contributed by atoms with Crippen LogP contribution in [0.25, 0.3) is 6.08 Å². The Labute approximate surface area is 208 Å². The number of Topliss-reactive ketones (excluding diaryl/α,β-unsaturated/α-hetero) is 1. The number of hydrogen-bond acceptors (Lipinski definition) is 5. The fourth-order valence-electron chi connectivity index (χ4n) is 3.11.